The molecule has 3 nitrogen and oxygen atoms in total. The Hall–Kier alpha value is -2.16. The molecule has 1 N–H and O–H groups in total. The molecule has 2 aromatic carbocycles. The number of aromatic hydroxyl groups is 1. The molecular weight excluding hydrogens is 262 g/mol. The molecule has 1 aliphatic rings. The number of hydrogen-bond donors (Lipinski definition) is 1. The minimum Gasteiger partial charge on any atom is -0.508 e. The molecule has 3 heteroatoms. The second-order valence-electron chi connectivity index (χ2n) is 5.84. The van der Waals surface area contributed by atoms with E-state index in [1.807, 2.05) is 13.1 Å². The van der Waals surface area contributed by atoms with Crippen LogP contribution in [0.15, 0.2) is 36.4 Å². The van der Waals surface area contributed by atoms with Crippen molar-refractivity contribution in [2.75, 3.05) is 18.5 Å². The van der Waals surface area contributed by atoms with E-state index in [9.17, 15) is 5.11 Å². The van der Waals surface area contributed by atoms with Crippen LogP contribution >= 0.6 is 0 Å². The van der Waals surface area contributed by atoms with Gasteiger partial charge in [-0.05, 0) is 42.7 Å². The number of phenolic OH excluding ortho intramolecular Hbond substituents is 1. The van der Waals surface area contributed by atoms with E-state index < -0.39 is 0 Å². The first-order valence-electron chi connectivity index (χ1n) is 7.30. The van der Waals surface area contributed by atoms with Crippen LogP contribution in [0.3, 0.4) is 0 Å². The quantitative estimate of drug-likeness (QED) is 0.916. The third-order valence-corrected chi connectivity index (χ3v) is 4.29. The van der Waals surface area contributed by atoms with E-state index in [4.69, 9.17) is 4.74 Å². The summed E-state index contributed by atoms with van der Waals surface area (Å²) in [7, 11) is 2.04. The van der Waals surface area contributed by atoms with Crippen LogP contribution in [0.25, 0.3) is 0 Å². The second kappa shape index (κ2) is 5.32. The topological polar surface area (TPSA) is 32.7 Å². The predicted molar refractivity (Wildman–Crippen MR) is 85.4 cm³/mol. The lowest BCUT2D eigenvalue weighted by molar-refractivity contribution is 0.195. The highest BCUT2D eigenvalue weighted by Gasteiger charge is 2.24. The van der Waals surface area contributed by atoms with Gasteiger partial charge in [0, 0.05) is 19.5 Å². The average Bonchev–Trinajstić information content (AvgIpc) is 2.45. The van der Waals surface area contributed by atoms with Crippen LogP contribution in [0.4, 0.5) is 5.69 Å². The van der Waals surface area contributed by atoms with Gasteiger partial charge in [0.1, 0.15) is 17.6 Å². The van der Waals surface area contributed by atoms with Gasteiger partial charge in [-0.1, -0.05) is 18.2 Å². The Morgan fingerprint density at radius 3 is 2.86 bits per heavy atom. The fourth-order valence-electron chi connectivity index (χ4n) is 2.91. The lowest BCUT2D eigenvalue weighted by atomic mass is 9.98. The van der Waals surface area contributed by atoms with Gasteiger partial charge in [0.15, 0.2) is 0 Å². The Morgan fingerprint density at radius 2 is 2.05 bits per heavy atom. The second-order valence-corrected chi connectivity index (χ2v) is 5.84. The molecule has 21 heavy (non-hydrogen) atoms. The maximum Gasteiger partial charge on any atom is 0.143 e. The highest BCUT2D eigenvalue weighted by Crippen LogP contribution is 2.36. The first-order valence-corrected chi connectivity index (χ1v) is 7.30. The van der Waals surface area contributed by atoms with Crippen molar-refractivity contribution in [3.63, 3.8) is 0 Å². The number of fused-ring (bicyclic) bond motifs is 1. The van der Waals surface area contributed by atoms with E-state index in [-0.39, 0.29) is 11.9 Å². The van der Waals surface area contributed by atoms with Crippen LogP contribution in [0.2, 0.25) is 0 Å². The zero-order chi connectivity index (χ0) is 15.0. The Kier molecular flexibility index (Phi) is 3.50. The number of likely N-dealkylation sites (N-methyl/N-ethyl adjacent to an activating group) is 1. The van der Waals surface area contributed by atoms with Gasteiger partial charge < -0.3 is 14.7 Å². The van der Waals surface area contributed by atoms with Gasteiger partial charge in [-0.15, -0.1) is 0 Å². The number of rotatable bonds is 2. The standard InChI is InChI=1S/C18H21NO2/c1-12-5-4-6-14(13(12)2)9-16-11-19(3)17-10-15(20)7-8-18(17)21-16/h4-8,10,16,20H,9,11H2,1-3H3. The summed E-state index contributed by atoms with van der Waals surface area (Å²) in [5, 5.41) is 9.59. The summed E-state index contributed by atoms with van der Waals surface area (Å²) in [6.07, 6.45) is 1.03. The van der Waals surface area contributed by atoms with E-state index in [1.54, 1.807) is 12.1 Å². The molecule has 3 rings (SSSR count). The van der Waals surface area contributed by atoms with Crippen LogP contribution in [0, 0.1) is 13.8 Å². The number of ether oxygens (including phenoxy) is 1. The minimum atomic E-state index is 0.132. The molecular formula is C18H21NO2. The Bertz CT molecular complexity index is 666. The third kappa shape index (κ3) is 2.68. The maximum atomic E-state index is 9.59. The summed E-state index contributed by atoms with van der Waals surface area (Å²) in [6, 6.07) is 11.7. The number of nitrogens with zero attached hydrogens (tertiary/aromatic N) is 1. The first-order chi connectivity index (χ1) is 10.0. The third-order valence-electron chi connectivity index (χ3n) is 4.29. The molecule has 2 aromatic rings. The van der Waals surface area contributed by atoms with Gasteiger partial charge in [-0.2, -0.15) is 0 Å². The highest BCUT2D eigenvalue weighted by molar-refractivity contribution is 5.62. The van der Waals surface area contributed by atoms with Gasteiger partial charge in [0.25, 0.3) is 0 Å². The summed E-state index contributed by atoms with van der Waals surface area (Å²) in [5.74, 6) is 1.12. The van der Waals surface area contributed by atoms with Crippen molar-refractivity contribution in [1.29, 1.82) is 0 Å². The van der Waals surface area contributed by atoms with E-state index in [0.29, 0.717) is 0 Å². The van der Waals surface area contributed by atoms with Crippen molar-refractivity contribution in [2.45, 2.75) is 26.4 Å². The first kappa shape index (κ1) is 13.8. The van der Waals surface area contributed by atoms with Crippen LogP contribution in [0.1, 0.15) is 16.7 Å². The van der Waals surface area contributed by atoms with Gasteiger partial charge in [-0.3, -0.25) is 0 Å². The average molecular weight is 283 g/mol. The Balaban J connectivity index is 1.83. The fourth-order valence-corrected chi connectivity index (χ4v) is 2.91. The zero-order valence-electron chi connectivity index (χ0n) is 12.8. The Morgan fingerprint density at radius 1 is 1.24 bits per heavy atom. The molecule has 0 aromatic heterocycles. The number of hydrogen-bond acceptors (Lipinski definition) is 3. The monoisotopic (exact) mass is 283 g/mol. The molecule has 0 bridgehead atoms. The molecule has 0 radical (unpaired) electrons. The lowest BCUT2D eigenvalue weighted by Gasteiger charge is -2.34. The van der Waals surface area contributed by atoms with E-state index >= 15 is 0 Å². The van der Waals surface area contributed by atoms with E-state index in [1.165, 1.54) is 16.7 Å². The van der Waals surface area contributed by atoms with E-state index in [2.05, 4.69) is 36.9 Å². The molecule has 0 aliphatic carbocycles. The molecule has 1 heterocycles. The smallest absolute Gasteiger partial charge is 0.143 e. The number of benzene rings is 2. The SMILES string of the molecule is Cc1cccc(CC2CN(C)c3cc(O)ccc3O2)c1C. The fraction of sp³-hybridized carbons (Fsp3) is 0.333. The number of aryl methyl sites for hydroxylation is 1. The van der Waals surface area contributed by atoms with Gasteiger partial charge in [-0.25, -0.2) is 0 Å². The Labute approximate surface area is 125 Å². The molecule has 0 saturated heterocycles. The van der Waals surface area contributed by atoms with Crippen molar-refractivity contribution in [1.82, 2.24) is 0 Å². The van der Waals surface area contributed by atoms with E-state index in [0.717, 1.165) is 24.4 Å². The molecule has 0 spiro atoms. The molecule has 1 unspecified atom stereocenters. The van der Waals surface area contributed by atoms with Gasteiger partial charge >= 0.3 is 0 Å². The molecule has 0 fully saturated rings. The van der Waals surface area contributed by atoms with Crippen LogP contribution in [-0.4, -0.2) is 24.8 Å². The lowest BCUT2D eigenvalue weighted by Crippen LogP contribution is -2.39. The van der Waals surface area contributed by atoms with Gasteiger partial charge in [0.2, 0.25) is 0 Å². The summed E-state index contributed by atoms with van der Waals surface area (Å²) < 4.78 is 6.10. The molecule has 0 saturated carbocycles. The number of phenols is 1. The zero-order valence-corrected chi connectivity index (χ0v) is 12.8. The van der Waals surface area contributed by atoms with Crippen molar-refractivity contribution in [2.24, 2.45) is 0 Å². The number of anilines is 1. The van der Waals surface area contributed by atoms with Crippen molar-refractivity contribution >= 4 is 5.69 Å². The van der Waals surface area contributed by atoms with Crippen molar-refractivity contribution < 1.29 is 9.84 Å². The molecule has 1 atom stereocenters. The highest BCUT2D eigenvalue weighted by atomic mass is 16.5. The summed E-state index contributed by atoms with van der Waals surface area (Å²) in [5.41, 5.74) is 4.96. The molecule has 0 amide bonds. The van der Waals surface area contributed by atoms with Crippen molar-refractivity contribution in [3.05, 3.63) is 53.1 Å². The normalized spacial score (nSPS) is 17.3. The molecule has 110 valence electrons. The largest absolute Gasteiger partial charge is 0.508 e. The minimum absolute atomic E-state index is 0.132. The van der Waals surface area contributed by atoms with Crippen LogP contribution < -0.4 is 9.64 Å². The molecule has 1 aliphatic heterocycles. The summed E-state index contributed by atoms with van der Waals surface area (Å²) in [4.78, 5) is 2.15. The summed E-state index contributed by atoms with van der Waals surface area (Å²) >= 11 is 0. The predicted octanol–water partition coefficient (Wildman–Crippen LogP) is 3.45. The van der Waals surface area contributed by atoms with Crippen molar-refractivity contribution in [3.8, 4) is 11.5 Å². The van der Waals surface area contributed by atoms with Crippen LogP contribution in [0.5, 0.6) is 11.5 Å². The van der Waals surface area contributed by atoms with Gasteiger partial charge in [0.05, 0.1) is 12.2 Å². The van der Waals surface area contributed by atoms with Crippen LogP contribution in [-0.2, 0) is 6.42 Å². The maximum absolute atomic E-state index is 9.59. The summed E-state index contributed by atoms with van der Waals surface area (Å²) in [6.45, 7) is 5.14.